The van der Waals surface area contributed by atoms with Gasteiger partial charge in [-0.05, 0) is 23.3 Å². The first-order valence-corrected chi connectivity index (χ1v) is 9.40. The second kappa shape index (κ2) is 8.79. The summed E-state index contributed by atoms with van der Waals surface area (Å²) < 4.78 is 7.40. The van der Waals surface area contributed by atoms with Crippen LogP contribution in [0.1, 0.15) is 16.7 Å². The van der Waals surface area contributed by atoms with Crippen LogP contribution in [0.2, 0.25) is 0 Å². The molecule has 0 aliphatic carbocycles. The second-order valence-corrected chi connectivity index (χ2v) is 6.76. The Balaban J connectivity index is 1.28. The van der Waals surface area contributed by atoms with Crippen LogP contribution in [-0.4, -0.2) is 41.1 Å². The van der Waals surface area contributed by atoms with Gasteiger partial charge in [0.05, 0.1) is 26.0 Å². The number of anilines is 1. The van der Waals surface area contributed by atoms with Crippen molar-refractivity contribution in [3.05, 3.63) is 77.7 Å². The highest BCUT2D eigenvalue weighted by Crippen LogP contribution is 2.14. The Morgan fingerprint density at radius 3 is 2.63 bits per heavy atom. The van der Waals surface area contributed by atoms with Crippen molar-refractivity contribution >= 4 is 5.82 Å². The van der Waals surface area contributed by atoms with Gasteiger partial charge >= 0.3 is 0 Å². The van der Waals surface area contributed by atoms with Crippen molar-refractivity contribution in [1.29, 1.82) is 0 Å². The molecular formula is C21H25N5O. The maximum absolute atomic E-state index is 5.42. The summed E-state index contributed by atoms with van der Waals surface area (Å²) in [5, 5.41) is 7.96. The number of hydrogen-bond donors (Lipinski definition) is 1. The summed E-state index contributed by atoms with van der Waals surface area (Å²) in [5.74, 6) is 1.04. The Labute approximate surface area is 159 Å². The zero-order chi connectivity index (χ0) is 18.3. The zero-order valence-corrected chi connectivity index (χ0v) is 15.4. The first kappa shape index (κ1) is 17.7. The van der Waals surface area contributed by atoms with Crippen LogP contribution in [0.15, 0.2) is 61.1 Å². The van der Waals surface area contributed by atoms with Gasteiger partial charge in [-0.15, -0.1) is 0 Å². The highest BCUT2D eigenvalue weighted by molar-refractivity contribution is 5.41. The molecule has 3 aromatic rings. The predicted molar refractivity (Wildman–Crippen MR) is 106 cm³/mol. The van der Waals surface area contributed by atoms with Crippen LogP contribution in [0.25, 0.3) is 0 Å². The third-order valence-electron chi connectivity index (χ3n) is 4.68. The molecule has 1 saturated heterocycles. The summed E-state index contributed by atoms with van der Waals surface area (Å²) in [5.41, 5.74) is 3.68. The second-order valence-electron chi connectivity index (χ2n) is 6.76. The number of nitrogens with one attached hydrogen (secondary N) is 1. The lowest BCUT2D eigenvalue weighted by atomic mass is 10.2. The number of aromatic nitrogens is 3. The van der Waals surface area contributed by atoms with E-state index in [1.807, 2.05) is 23.1 Å². The van der Waals surface area contributed by atoms with Crippen molar-refractivity contribution in [2.24, 2.45) is 0 Å². The number of morpholine rings is 1. The molecule has 0 bridgehead atoms. The summed E-state index contributed by atoms with van der Waals surface area (Å²) in [7, 11) is 0. The van der Waals surface area contributed by atoms with Gasteiger partial charge in [-0.1, -0.05) is 30.3 Å². The van der Waals surface area contributed by atoms with E-state index < -0.39 is 0 Å². The van der Waals surface area contributed by atoms with E-state index in [0.717, 1.165) is 51.8 Å². The fraction of sp³-hybridized carbons (Fsp3) is 0.333. The monoisotopic (exact) mass is 363 g/mol. The summed E-state index contributed by atoms with van der Waals surface area (Å²) in [4.78, 5) is 6.78. The van der Waals surface area contributed by atoms with E-state index in [1.165, 1.54) is 16.7 Å². The molecule has 1 aliphatic heterocycles. The standard InChI is InChI=1S/C21H25N5O/c1-2-4-18(5-3-1)16-26-17-20(15-24-26)14-22-13-19-6-7-23-21(12-19)25-8-10-27-11-9-25/h1-7,12,15,17,22H,8-11,13-14,16H2. The molecule has 140 valence electrons. The Morgan fingerprint density at radius 2 is 1.78 bits per heavy atom. The van der Waals surface area contributed by atoms with Gasteiger partial charge in [0.2, 0.25) is 0 Å². The summed E-state index contributed by atoms with van der Waals surface area (Å²) in [6, 6.07) is 14.6. The van der Waals surface area contributed by atoms with E-state index in [-0.39, 0.29) is 0 Å². The number of hydrogen-bond acceptors (Lipinski definition) is 5. The molecule has 0 radical (unpaired) electrons. The molecule has 2 aromatic heterocycles. The smallest absolute Gasteiger partial charge is 0.128 e. The van der Waals surface area contributed by atoms with Crippen LogP contribution < -0.4 is 10.2 Å². The molecule has 0 spiro atoms. The Bertz CT molecular complexity index is 843. The zero-order valence-electron chi connectivity index (χ0n) is 15.4. The fourth-order valence-corrected chi connectivity index (χ4v) is 3.24. The highest BCUT2D eigenvalue weighted by atomic mass is 16.5. The highest BCUT2D eigenvalue weighted by Gasteiger charge is 2.12. The van der Waals surface area contributed by atoms with Gasteiger partial charge in [0.25, 0.3) is 0 Å². The third kappa shape index (κ3) is 4.93. The Morgan fingerprint density at radius 1 is 0.963 bits per heavy atom. The van der Waals surface area contributed by atoms with Crippen molar-refractivity contribution in [2.45, 2.75) is 19.6 Å². The fourth-order valence-electron chi connectivity index (χ4n) is 3.24. The average molecular weight is 363 g/mol. The molecule has 0 unspecified atom stereocenters. The Kier molecular flexibility index (Phi) is 5.76. The third-order valence-corrected chi connectivity index (χ3v) is 4.68. The van der Waals surface area contributed by atoms with E-state index in [4.69, 9.17) is 4.74 Å². The lowest BCUT2D eigenvalue weighted by Gasteiger charge is -2.28. The van der Waals surface area contributed by atoms with Gasteiger partial charge in [0.1, 0.15) is 5.82 Å². The quantitative estimate of drug-likeness (QED) is 0.699. The van der Waals surface area contributed by atoms with E-state index >= 15 is 0 Å². The SMILES string of the molecule is c1ccc(Cn2cc(CNCc3ccnc(N4CCOCC4)c3)cn2)cc1. The van der Waals surface area contributed by atoms with Crippen LogP contribution in [0.5, 0.6) is 0 Å². The summed E-state index contributed by atoms with van der Waals surface area (Å²) in [6.07, 6.45) is 5.92. The first-order chi connectivity index (χ1) is 13.4. The Hall–Kier alpha value is -2.70. The molecular weight excluding hydrogens is 338 g/mol. The van der Waals surface area contributed by atoms with E-state index in [0.29, 0.717) is 0 Å². The van der Waals surface area contributed by atoms with Gasteiger partial charge in [0, 0.05) is 44.1 Å². The van der Waals surface area contributed by atoms with E-state index in [9.17, 15) is 0 Å². The van der Waals surface area contributed by atoms with Gasteiger partial charge in [-0.2, -0.15) is 5.10 Å². The molecule has 1 aromatic carbocycles. The van der Waals surface area contributed by atoms with Crippen LogP contribution in [0.4, 0.5) is 5.82 Å². The topological polar surface area (TPSA) is 55.2 Å². The molecule has 1 N–H and O–H groups in total. The van der Waals surface area contributed by atoms with Crippen LogP contribution >= 0.6 is 0 Å². The largest absolute Gasteiger partial charge is 0.378 e. The minimum Gasteiger partial charge on any atom is -0.378 e. The number of benzene rings is 1. The van der Waals surface area contributed by atoms with Crippen LogP contribution in [-0.2, 0) is 24.4 Å². The minimum absolute atomic E-state index is 0.775. The normalized spacial score (nSPS) is 14.4. The van der Waals surface area contributed by atoms with Crippen molar-refractivity contribution in [1.82, 2.24) is 20.1 Å². The van der Waals surface area contributed by atoms with Crippen molar-refractivity contribution in [3.8, 4) is 0 Å². The average Bonchev–Trinajstić information content (AvgIpc) is 3.17. The molecule has 4 rings (SSSR count). The lowest BCUT2D eigenvalue weighted by molar-refractivity contribution is 0.122. The summed E-state index contributed by atoms with van der Waals surface area (Å²) >= 11 is 0. The maximum Gasteiger partial charge on any atom is 0.128 e. The number of rotatable bonds is 7. The number of nitrogens with zero attached hydrogens (tertiary/aromatic N) is 4. The molecule has 1 fully saturated rings. The van der Waals surface area contributed by atoms with Crippen LogP contribution in [0, 0.1) is 0 Å². The van der Waals surface area contributed by atoms with Crippen molar-refractivity contribution in [2.75, 3.05) is 31.2 Å². The molecule has 3 heterocycles. The first-order valence-electron chi connectivity index (χ1n) is 9.40. The van der Waals surface area contributed by atoms with E-state index in [1.54, 1.807) is 0 Å². The summed E-state index contributed by atoms with van der Waals surface area (Å²) in [6.45, 7) is 5.77. The maximum atomic E-state index is 5.42. The molecule has 0 saturated carbocycles. The van der Waals surface area contributed by atoms with Gasteiger partial charge in [0.15, 0.2) is 0 Å². The number of ether oxygens (including phenoxy) is 1. The van der Waals surface area contributed by atoms with Crippen LogP contribution in [0.3, 0.4) is 0 Å². The molecule has 6 nitrogen and oxygen atoms in total. The molecule has 0 atom stereocenters. The van der Waals surface area contributed by atoms with Gasteiger partial charge < -0.3 is 15.0 Å². The minimum atomic E-state index is 0.775. The molecule has 6 heteroatoms. The van der Waals surface area contributed by atoms with Gasteiger partial charge in [-0.3, -0.25) is 4.68 Å². The van der Waals surface area contributed by atoms with Crippen molar-refractivity contribution < 1.29 is 4.74 Å². The number of pyridine rings is 1. The predicted octanol–water partition coefficient (Wildman–Crippen LogP) is 2.45. The molecule has 0 amide bonds. The molecule has 1 aliphatic rings. The van der Waals surface area contributed by atoms with Gasteiger partial charge in [-0.25, -0.2) is 4.98 Å². The van der Waals surface area contributed by atoms with Crippen molar-refractivity contribution in [3.63, 3.8) is 0 Å². The molecule has 27 heavy (non-hydrogen) atoms. The van der Waals surface area contributed by atoms with E-state index in [2.05, 4.69) is 62.9 Å². The lowest BCUT2D eigenvalue weighted by Crippen LogP contribution is -2.36.